The molecule has 0 aliphatic rings. The molecule has 1 aromatic rings. The Balaban J connectivity index is 2.15. The van der Waals surface area contributed by atoms with Gasteiger partial charge in [-0.15, -0.1) is 11.8 Å². The van der Waals surface area contributed by atoms with Crippen LogP contribution in [0.4, 0.5) is 0 Å². The number of carbonyl (C=O) groups is 1. The summed E-state index contributed by atoms with van der Waals surface area (Å²) in [6, 6.07) is 0. The highest BCUT2D eigenvalue weighted by atomic mass is 127. The zero-order valence-corrected chi connectivity index (χ0v) is 16.7. The summed E-state index contributed by atoms with van der Waals surface area (Å²) in [4.78, 5) is 12.8. The third-order valence-corrected chi connectivity index (χ3v) is 6.10. The smallest absolute Gasteiger partial charge is 0.306 e. The number of unbranched alkanes of at least 4 members (excludes halogenated alkanes) is 1. The van der Waals surface area contributed by atoms with Gasteiger partial charge in [-0.3, -0.25) is 4.79 Å². The number of thioether (sulfide) groups is 1. The number of hydrogen-bond acceptors (Lipinski definition) is 4. The third kappa shape index (κ3) is 8.41. The van der Waals surface area contributed by atoms with Gasteiger partial charge in [0, 0.05) is 16.8 Å². The number of halogens is 1. The zero-order valence-electron chi connectivity index (χ0n) is 12.7. The van der Waals surface area contributed by atoms with Crippen LogP contribution in [0, 0.1) is 5.92 Å². The minimum absolute atomic E-state index is 0.0828. The zero-order chi connectivity index (χ0) is 15.5. The van der Waals surface area contributed by atoms with Crippen molar-refractivity contribution in [3.63, 3.8) is 0 Å². The summed E-state index contributed by atoms with van der Waals surface area (Å²) in [5.41, 5.74) is 0. The maximum absolute atomic E-state index is 11.7. The van der Waals surface area contributed by atoms with Crippen LogP contribution in [0.2, 0.25) is 0 Å². The second kappa shape index (κ2) is 11.7. The Morgan fingerprint density at radius 2 is 2.38 bits per heavy atom. The Bertz CT molecular complexity index is 417. The highest BCUT2D eigenvalue weighted by Crippen LogP contribution is 2.26. The molecule has 0 aliphatic heterocycles. The Hall–Kier alpha value is 0.190. The fraction of sp³-hybridized carbons (Fsp3) is 0.714. The van der Waals surface area contributed by atoms with Crippen molar-refractivity contribution >= 4 is 46.1 Å². The lowest BCUT2D eigenvalue weighted by Crippen LogP contribution is -2.14. The van der Waals surface area contributed by atoms with E-state index in [9.17, 15) is 4.79 Å². The van der Waals surface area contributed by atoms with Gasteiger partial charge in [-0.1, -0.05) is 33.1 Å². The number of nitrogens with zero attached hydrogens (tertiary/aromatic N) is 2. The molecule has 0 fully saturated rings. The van der Waals surface area contributed by atoms with E-state index in [0.29, 0.717) is 25.3 Å². The fourth-order valence-corrected chi connectivity index (χ4v) is 3.84. The average molecular weight is 442 g/mol. The monoisotopic (exact) mass is 442 g/mol. The highest BCUT2D eigenvalue weighted by Gasteiger charge is 2.10. The van der Waals surface area contributed by atoms with Gasteiger partial charge in [0.1, 0.15) is 0 Å². The molecular formula is C14H24IN2O2PS. The van der Waals surface area contributed by atoms with Crippen LogP contribution in [0.3, 0.4) is 0 Å². The van der Waals surface area contributed by atoms with E-state index in [1.807, 2.05) is 16.8 Å². The van der Waals surface area contributed by atoms with Crippen molar-refractivity contribution in [2.75, 3.05) is 12.4 Å². The van der Waals surface area contributed by atoms with E-state index in [-0.39, 0.29) is 5.97 Å². The second-order valence-electron chi connectivity index (χ2n) is 4.90. The molecule has 0 radical (unpaired) electrons. The number of aromatic nitrogens is 2. The Kier molecular flexibility index (Phi) is 10.7. The van der Waals surface area contributed by atoms with Crippen molar-refractivity contribution in [3.05, 3.63) is 12.4 Å². The van der Waals surface area contributed by atoms with Crippen LogP contribution in [-0.2, 0) is 9.53 Å². The molecule has 21 heavy (non-hydrogen) atoms. The molecule has 7 heteroatoms. The van der Waals surface area contributed by atoms with Crippen LogP contribution in [0.1, 0.15) is 46.0 Å². The molecule has 2 unspecified atom stereocenters. The summed E-state index contributed by atoms with van der Waals surface area (Å²) in [5, 5.41) is 4.22. The van der Waals surface area contributed by atoms with E-state index < -0.39 is 0 Å². The molecule has 0 spiro atoms. The normalized spacial score (nSPS) is 12.9. The Morgan fingerprint density at radius 1 is 1.57 bits per heavy atom. The van der Waals surface area contributed by atoms with Gasteiger partial charge < -0.3 is 4.74 Å². The first-order valence-corrected chi connectivity index (χ1v) is 12.4. The van der Waals surface area contributed by atoms with E-state index in [4.69, 9.17) is 4.74 Å². The lowest BCUT2D eigenvalue weighted by molar-refractivity contribution is -0.144. The first kappa shape index (κ1) is 19.2. The third-order valence-electron chi connectivity index (χ3n) is 3.24. The van der Waals surface area contributed by atoms with Crippen LogP contribution in [-0.4, -0.2) is 27.9 Å². The topological polar surface area (TPSA) is 44.1 Å². The first-order chi connectivity index (χ1) is 10.2. The quantitative estimate of drug-likeness (QED) is 0.211. The predicted octanol–water partition coefficient (Wildman–Crippen LogP) is 4.92. The minimum atomic E-state index is -0.0828. The molecule has 0 aromatic carbocycles. The van der Waals surface area contributed by atoms with E-state index in [1.165, 1.54) is 12.8 Å². The molecule has 4 nitrogen and oxygen atoms in total. The van der Waals surface area contributed by atoms with Crippen molar-refractivity contribution < 1.29 is 9.53 Å². The van der Waals surface area contributed by atoms with Crippen LogP contribution < -0.4 is 0 Å². The summed E-state index contributed by atoms with van der Waals surface area (Å²) in [6.07, 6.45) is 9.60. The molecule has 120 valence electrons. The van der Waals surface area contributed by atoms with E-state index >= 15 is 0 Å². The molecule has 0 saturated carbocycles. The van der Waals surface area contributed by atoms with E-state index in [2.05, 4.69) is 41.0 Å². The number of carbonyl (C=O) groups excluding carboxylic acids is 1. The lowest BCUT2D eigenvalue weighted by Gasteiger charge is -2.14. The van der Waals surface area contributed by atoms with Crippen LogP contribution in [0.15, 0.2) is 17.3 Å². The Labute approximate surface area is 146 Å². The van der Waals surface area contributed by atoms with Crippen molar-refractivity contribution in [2.24, 2.45) is 5.92 Å². The standard InChI is InChI=1S/C14H24IN2O2PS/c1-3-5-6-12(4-2)11-19-14(18)7-8-21-13-9-16-17(10-13)20-15/h9-10,12,20H,3-8,11H2,1-2H3. The summed E-state index contributed by atoms with van der Waals surface area (Å²) in [7, 11) is 0. The summed E-state index contributed by atoms with van der Waals surface area (Å²) >= 11 is 3.95. The molecular weight excluding hydrogens is 418 g/mol. The van der Waals surface area contributed by atoms with Crippen LogP contribution in [0.5, 0.6) is 0 Å². The van der Waals surface area contributed by atoms with E-state index in [1.54, 1.807) is 11.8 Å². The maximum Gasteiger partial charge on any atom is 0.306 e. The highest BCUT2D eigenvalue weighted by molar-refractivity contribution is 14.2. The second-order valence-corrected chi connectivity index (χ2v) is 8.15. The molecule has 1 aromatic heterocycles. The van der Waals surface area contributed by atoms with Gasteiger partial charge in [0.15, 0.2) is 0 Å². The van der Waals surface area contributed by atoms with E-state index in [0.717, 1.165) is 23.5 Å². The fourth-order valence-electron chi connectivity index (χ4n) is 1.86. The molecule has 0 N–H and O–H groups in total. The summed E-state index contributed by atoms with van der Waals surface area (Å²) in [5.74, 6) is 1.19. The van der Waals surface area contributed by atoms with Crippen molar-refractivity contribution in [3.8, 4) is 0 Å². The first-order valence-electron chi connectivity index (χ1n) is 7.39. The molecule has 0 saturated heterocycles. The molecule has 0 bridgehead atoms. The number of esters is 1. The minimum Gasteiger partial charge on any atom is -0.465 e. The SMILES string of the molecule is CCCCC(CC)COC(=O)CCSc1cnn(PI)c1. The maximum atomic E-state index is 11.7. The number of hydrogen-bond donors (Lipinski definition) is 0. The average Bonchev–Trinajstić information content (AvgIpc) is 2.95. The van der Waals surface area contributed by atoms with Gasteiger partial charge in [-0.25, -0.2) is 4.45 Å². The van der Waals surface area contributed by atoms with Crippen molar-refractivity contribution in [2.45, 2.75) is 50.8 Å². The van der Waals surface area contributed by atoms with Gasteiger partial charge in [0.25, 0.3) is 0 Å². The lowest BCUT2D eigenvalue weighted by atomic mass is 10.0. The predicted molar refractivity (Wildman–Crippen MR) is 99.6 cm³/mol. The summed E-state index contributed by atoms with van der Waals surface area (Å²) < 4.78 is 7.29. The molecule has 2 atom stereocenters. The molecule has 0 aliphatic carbocycles. The molecule has 1 rings (SSSR count). The van der Waals surface area contributed by atoms with Gasteiger partial charge in [-0.05, 0) is 34.4 Å². The van der Waals surface area contributed by atoms with Gasteiger partial charge in [0.2, 0.25) is 0 Å². The molecule has 0 amide bonds. The van der Waals surface area contributed by atoms with Gasteiger partial charge in [-0.2, -0.15) is 5.10 Å². The molecule has 1 heterocycles. The van der Waals surface area contributed by atoms with Crippen molar-refractivity contribution in [1.82, 2.24) is 9.55 Å². The van der Waals surface area contributed by atoms with Crippen molar-refractivity contribution in [1.29, 1.82) is 0 Å². The number of ether oxygens (including phenoxy) is 1. The summed E-state index contributed by atoms with van der Waals surface area (Å²) in [6.45, 7) is 4.93. The number of rotatable bonds is 11. The largest absolute Gasteiger partial charge is 0.465 e. The van der Waals surface area contributed by atoms with Crippen LogP contribution in [0.25, 0.3) is 0 Å². The van der Waals surface area contributed by atoms with Gasteiger partial charge in [0.05, 0.1) is 25.6 Å². The Morgan fingerprint density at radius 3 is 3.00 bits per heavy atom. The van der Waals surface area contributed by atoms with Gasteiger partial charge >= 0.3 is 5.97 Å². The van der Waals surface area contributed by atoms with Crippen LogP contribution >= 0.6 is 40.2 Å².